The minimum atomic E-state index is -4.59. The number of fused-ring (bicyclic) bond motifs is 1. The molecule has 0 atom stereocenters. The Labute approximate surface area is 167 Å². The maximum atomic E-state index is 14.2. The lowest BCUT2D eigenvalue weighted by Gasteiger charge is -2.28. The van der Waals surface area contributed by atoms with Gasteiger partial charge in [0.25, 0.3) is 0 Å². The quantitative estimate of drug-likeness (QED) is 0.603. The average Bonchev–Trinajstić information content (AvgIpc) is 3.10. The van der Waals surface area contributed by atoms with Gasteiger partial charge in [0.05, 0.1) is 31.4 Å². The number of nitrogens with zero attached hydrogens (tertiary/aromatic N) is 4. The molecule has 0 saturated heterocycles. The summed E-state index contributed by atoms with van der Waals surface area (Å²) in [4.78, 5) is 17.5. The first-order valence-corrected chi connectivity index (χ1v) is 9.02. The van der Waals surface area contributed by atoms with Crippen molar-refractivity contribution >= 4 is 5.91 Å². The zero-order chi connectivity index (χ0) is 21.5. The van der Waals surface area contributed by atoms with Gasteiger partial charge in [-0.25, -0.2) is 8.78 Å². The number of carbonyl (C=O) groups excluding carboxylic acids is 1. The molecule has 2 aromatic heterocycles. The standard InChI is InChI=1S/C20H15F5N4O/c21-13-1-2-14(16(22)9-13)15-10-27-29-6-5-28(11-17(15)29)19(30)8-12-3-4-26-18(7-12)20(23,24)25/h1-4,7,9-10H,5-6,8,11H2. The molecule has 10 heteroatoms. The molecule has 0 N–H and O–H groups in total. The molecule has 3 heterocycles. The molecule has 30 heavy (non-hydrogen) atoms. The van der Waals surface area contributed by atoms with E-state index in [9.17, 15) is 26.7 Å². The SMILES string of the molecule is O=C(Cc1ccnc(C(F)(F)F)c1)N1CCn2ncc(-c3ccc(F)cc3F)c2C1. The van der Waals surface area contributed by atoms with E-state index in [-0.39, 0.29) is 30.0 Å². The largest absolute Gasteiger partial charge is 0.433 e. The lowest BCUT2D eigenvalue weighted by molar-refractivity contribution is -0.141. The zero-order valence-electron chi connectivity index (χ0n) is 15.5. The van der Waals surface area contributed by atoms with Crippen LogP contribution in [-0.4, -0.2) is 32.1 Å². The van der Waals surface area contributed by atoms with Crippen LogP contribution in [-0.2, 0) is 30.5 Å². The summed E-state index contributed by atoms with van der Waals surface area (Å²) in [6.07, 6.45) is -2.34. The van der Waals surface area contributed by atoms with Gasteiger partial charge in [-0.2, -0.15) is 18.3 Å². The molecule has 0 saturated carbocycles. The number of carbonyl (C=O) groups is 1. The molecular formula is C20H15F5N4O. The van der Waals surface area contributed by atoms with Crippen LogP contribution < -0.4 is 0 Å². The van der Waals surface area contributed by atoms with Gasteiger partial charge in [-0.1, -0.05) is 0 Å². The predicted molar refractivity (Wildman–Crippen MR) is 95.9 cm³/mol. The van der Waals surface area contributed by atoms with E-state index in [0.717, 1.165) is 24.4 Å². The number of hydrogen-bond acceptors (Lipinski definition) is 3. The summed E-state index contributed by atoms with van der Waals surface area (Å²) in [6.45, 7) is 0.784. The molecular weight excluding hydrogens is 407 g/mol. The van der Waals surface area contributed by atoms with E-state index in [2.05, 4.69) is 10.1 Å². The third-order valence-electron chi connectivity index (χ3n) is 4.92. The molecule has 0 unspecified atom stereocenters. The summed E-state index contributed by atoms with van der Waals surface area (Å²) < 4.78 is 67.6. The van der Waals surface area contributed by atoms with E-state index >= 15 is 0 Å². The number of benzene rings is 1. The number of amides is 1. The van der Waals surface area contributed by atoms with Gasteiger partial charge in [0.2, 0.25) is 5.91 Å². The second-order valence-electron chi connectivity index (χ2n) is 6.89. The first-order chi connectivity index (χ1) is 14.2. The van der Waals surface area contributed by atoms with Crippen molar-refractivity contribution in [1.82, 2.24) is 19.7 Å². The highest BCUT2D eigenvalue weighted by atomic mass is 19.4. The first-order valence-electron chi connectivity index (χ1n) is 9.02. The van der Waals surface area contributed by atoms with Gasteiger partial charge in [-0.3, -0.25) is 14.5 Å². The third-order valence-corrected chi connectivity index (χ3v) is 4.92. The van der Waals surface area contributed by atoms with Crippen LogP contribution in [0.1, 0.15) is 17.0 Å². The maximum absolute atomic E-state index is 14.2. The van der Waals surface area contributed by atoms with Crippen molar-refractivity contribution in [3.8, 4) is 11.1 Å². The van der Waals surface area contributed by atoms with Crippen LogP contribution in [0, 0.1) is 11.6 Å². The summed E-state index contributed by atoms with van der Waals surface area (Å²) in [5.41, 5.74) is 0.319. The van der Waals surface area contributed by atoms with Crippen molar-refractivity contribution in [2.24, 2.45) is 0 Å². The summed E-state index contributed by atoms with van der Waals surface area (Å²) in [7, 11) is 0. The minimum Gasteiger partial charge on any atom is -0.335 e. The number of halogens is 5. The summed E-state index contributed by atoms with van der Waals surface area (Å²) in [6, 6.07) is 5.42. The smallest absolute Gasteiger partial charge is 0.335 e. The van der Waals surface area contributed by atoms with Gasteiger partial charge in [0.1, 0.15) is 17.3 Å². The van der Waals surface area contributed by atoms with E-state index in [4.69, 9.17) is 0 Å². The molecule has 1 aliphatic heterocycles. The van der Waals surface area contributed by atoms with Gasteiger partial charge in [-0.15, -0.1) is 0 Å². The van der Waals surface area contributed by atoms with E-state index in [1.165, 1.54) is 23.2 Å². The van der Waals surface area contributed by atoms with Crippen molar-refractivity contribution in [2.75, 3.05) is 6.54 Å². The number of aromatic nitrogens is 3. The fraction of sp³-hybridized carbons (Fsp3) is 0.250. The van der Waals surface area contributed by atoms with Crippen LogP contribution in [0.15, 0.2) is 42.7 Å². The lowest BCUT2D eigenvalue weighted by Crippen LogP contribution is -2.39. The summed E-state index contributed by atoms with van der Waals surface area (Å²) in [5, 5.41) is 4.20. The van der Waals surface area contributed by atoms with Crippen molar-refractivity contribution < 1.29 is 26.7 Å². The van der Waals surface area contributed by atoms with Gasteiger partial charge in [0, 0.05) is 29.9 Å². The Kier molecular flexibility index (Phi) is 5.00. The topological polar surface area (TPSA) is 51.0 Å². The minimum absolute atomic E-state index is 0.113. The van der Waals surface area contributed by atoms with E-state index in [1.807, 2.05) is 0 Å². The molecule has 1 aliphatic rings. The molecule has 5 nitrogen and oxygen atoms in total. The number of rotatable bonds is 3. The van der Waals surface area contributed by atoms with Crippen molar-refractivity contribution in [3.63, 3.8) is 0 Å². The maximum Gasteiger partial charge on any atom is 0.433 e. The van der Waals surface area contributed by atoms with Crippen LogP contribution in [0.25, 0.3) is 11.1 Å². The molecule has 156 valence electrons. The highest BCUT2D eigenvalue weighted by Crippen LogP contribution is 2.30. The molecule has 0 radical (unpaired) electrons. The second kappa shape index (κ2) is 7.51. The molecule has 0 aliphatic carbocycles. The van der Waals surface area contributed by atoms with Gasteiger partial charge < -0.3 is 4.90 Å². The molecule has 0 bridgehead atoms. The Hall–Kier alpha value is -3.30. The highest BCUT2D eigenvalue weighted by Gasteiger charge is 2.33. The Morgan fingerprint density at radius 3 is 2.60 bits per heavy atom. The Bertz CT molecular complexity index is 1110. The van der Waals surface area contributed by atoms with E-state index < -0.39 is 23.5 Å². The Morgan fingerprint density at radius 2 is 1.87 bits per heavy atom. The monoisotopic (exact) mass is 422 g/mol. The number of hydrogen-bond donors (Lipinski definition) is 0. The summed E-state index contributed by atoms with van der Waals surface area (Å²) >= 11 is 0. The van der Waals surface area contributed by atoms with Gasteiger partial charge in [-0.05, 0) is 29.8 Å². The average molecular weight is 422 g/mol. The van der Waals surface area contributed by atoms with E-state index in [0.29, 0.717) is 24.3 Å². The van der Waals surface area contributed by atoms with Crippen molar-refractivity contribution in [2.45, 2.75) is 25.7 Å². The fourth-order valence-corrected chi connectivity index (χ4v) is 3.42. The fourth-order valence-electron chi connectivity index (χ4n) is 3.42. The first kappa shape index (κ1) is 20.0. The van der Waals surface area contributed by atoms with E-state index in [1.54, 1.807) is 4.68 Å². The van der Waals surface area contributed by atoms with Crippen LogP contribution in [0.5, 0.6) is 0 Å². The Morgan fingerprint density at radius 1 is 1.07 bits per heavy atom. The Balaban J connectivity index is 1.55. The molecule has 1 amide bonds. The molecule has 3 aromatic rings. The molecule has 4 rings (SSSR count). The van der Waals surface area contributed by atoms with Crippen LogP contribution in [0.2, 0.25) is 0 Å². The van der Waals surface area contributed by atoms with Crippen LogP contribution in [0.4, 0.5) is 22.0 Å². The van der Waals surface area contributed by atoms with Gasteiger partial charge >= 0.3 is 6.18 Å². The number of pyridine rings is 1. The van der Waals surface area contributed by atoms with Crippen LogP contribution in [0.3, 0.4) is 0 Å². The normalized spacial score (nSPS) is 14.0. The lowest BCUT2D eigenvalue weighted by atomic mass is 10.0. The third kappa shape index (κ3) is 3.89. The molecule has 1 aromatic carbocycles. The predicted octanol–water partition coefficient (Wildman–Crippen LogP) is 3.83. The highest BCUT2D eigenvalue weighted by molar-refractivity contribution is 5.79. The number of alkyl halides is 3. The molecule has 0 spiro atoms. The second-order valence-corrected chi connectivity index (χ2v) is 6.89. The van der Waals surface area contributed by atoms with Gasteiger partial charge in [0.15, 0.2) is 0 Å². The zero-order valence-corrected chi connectivity index (χ0v) is 15.5. The van der Waals surface area contributed by atoms with Crippen molar-refractivity contribution in [3.05, 3.63) is 71.3 Å². The van der Waals surface area contributed by atoms with Crippen LogP contribution >= 0.6 is 0 Å². The van der Waals surface area contributed by atoms with Crippen molar-refractivity contribution in [1.29, 1.82) is 0 Å². The summed E-state index contributed by atoms with van der Waals surface area (Å²) in [5.74, 6) is -1.82. The molecule has 0 fully saturated rings.